The molecule has 0 bridgehead atoms. The Balaban J connectivity index is 2.74. The van der Waals surface area contributed by atoms with Crippen LogP contribution in [0.3, 0.4) is 0 Å². The molecule has 11 heavy (non-hydrogen) atoms. The zero-order chi connectivity index (χ0) is 8.10. The molecular weight excluding hydrogens is 141 g/mol. The third kappa shape index (κ3) is 2.31. The number of halogens is 1. The Hall–Kier alpha value is -0.890. The van der Waals surface area contributed by atoms with Gasteiger partial charge in [0.25, 0.3) is 0 Å². The lowest BCUT2D eigenvalue weighted by Gasteiger charge is -1.99. The Bertz CT molecular complexity index is 223. The topological polar surface area (TPSA) is 26.0 Å². The van der Waals surface area contributed by atoms with Crippen LogP contribution in [0.4, 0.5) is 4.39 Å². The van der Waals surface area contributed by atoms with Crippen molar-refractivity contribution in [2.45, 2.75) is 13.1 Å². The number of nitrogens with two attached hydrogens (primary N) is 1. The molecule has 0 amide bonds. The summed E-state index contributed by atoms with van der Waals surface area (Å²) in [6.07, 6.45) is 0.827. The van der Waals surface area contributed by atoms with Gasteiger partial charge >= 0.3 is 0 Å². The van der Waals surface area contributed by atoms with Crippen LogP contribution in [0.2, 0.25) is 0 Å². The lowest BCUT2D eigenvalue weighted by atomic mass is 10.1. The first-order chi connectivity index (χ1) is 5.36. The van der Waals surface area contributed by atoms with E-state index in [4.69, 9.17) is 5.73 Å². The highest BCUT2D eigenvalue weighted by Crippen LogP contribution is 2.06. The average Bonchev–Trinajstić information content (AvgIpc) is 2.06. The molecule has 0 fully saturated rings. The van der Waals surface area contributed by atoms with Crippen LogP contribution in [0, 0.1) is 0 Å². The maximum Gasteiger partial charge on any atom is 0.115 e. The van der Waals surface area contributed by atoms with Crippen molar-refractivity contribution in [1.29, 1.82) is 0 Å². The van der Waals surface area contributed by atoms with E-state index in [0.29, 0.717) is 6.54 Å². The second-order valence-electron chi connectivity index (χ2n) is 2.49. The quantitative estimate of drug-likeness (QED) is 0.702. The summed E-state index contributed by atoms with van der Waals surface area (Å²) in [6.45, 7) is 0.230. The van der Waals surface area contributed by atoms with Gasteiger partial charge in [-0.15, -0.1) is 0 Å². The van der Waals surface area contributed by atoms with Crippen LogP contribution in [0.15, 0.2) is 24.3 Å². The van der Waals surface area contributed by atoms with Gasteiger partial charge in [0, 0.05) is 0 Å². The highest BCUT2D eigenvalue weighted by atomic mass is 19.1. The first-order valence-corrected chi connectivity index (χ1v) is 3.70. The molecule has 0 radical (unpaired) electrons. The summed E-state index contributed by atoms with van der Waals surface area (Å²) in [5.74, 6) is 0. The Kier molecular flexibility index (Phi) is 3.05. The summed E-state index contributed by atoms with van der Waals surface area (Å²) in [7, 11) is 0. The van der Waals surface area contributed by atoms with Crippen molar-refractivity contribution in [1.82, 2.24) is 0 Å². The van der Waals surface area contributed by atoms with Gasteiger partial charge in [-0.1, -0.05) is 24.3 Å². The van der Waals surface area contributed by atoms with Gasteiger partial charge in [-0.2, -0.15) is 0 Å². The number of hydrogen-bond acceptors (Lipinski definition) is 1. The summed E-state index contributed by atoms with van der Waals surface area (Å²) in [4.78, 5) is 0. The molecular formula is C9H12FN. The first kappa shape index (κ1) is 8.21. The third-order valence-corrected chi connectivity index (χ3v) is 1.58. The van der Waals surface area contributed by atoms with Crippen LogP contribution in [-0.2, 0) is 13.1 Å². The monoisotopic (exact) mass is 153 g/mol. The smallest absolute Gasteiger partial charge is 0.115 e. The van der Waals surface area contributed by atoms with E-state index in [1.807, 2.05) is 18.2 Å². The van der Waals surface area contributed by atoms with Crippen molar-refractivity contribution in [2.24, 2.45) is 5.73 Å². The van der Waals surface area contributed by atoms with Gasteiger partial charge in [-0.25, -0.2) is 4.39 Å². The number of hydrogen-bond donors (Lipinski definition) is 1. The van der Waals surface area contributed by atoms with Crippen molar-refractivity contribution < 1.29 is 4.39 Å². The van der Waals surface area contributed by atoms with E-state index in [-0.39, 0.29) is 0 Å². The zero-order valence-corrected chi connectivity index (χ0v) is 6.39. The number of alkyl halides is 1. The van der Waals surface area contributed by atoms with Gasteiger partial charge in [0.2, 0.25) is 0 Å². The van der Waals surface area contributed by atoms with E-state index in [2.05, 4.69) is 0 Å². The average molecular weight is 153 g/mol. The fourth-order valence-electron chi connectivity index (χ4n) is 1.03. The van der Waals surface area contributed by atoms with Crippen LogP contribution >= 0.6 is 0 Å². The molecule has 60 valence electrons. The Morgan fingerprint density at radius 3 is 2.64 bits per heavy atom. The maximum atomic E-state index is 12.1. The van der Waals surface area contributed by atoms with E-state index in [1.165, 1.54) is 0 Å². The molecule has 0 spiro atoms. The Labute approximate surface area is 66.0 Å². The molecule has 0 saturated carbocycles. The van der Waals surface area contributed by atoms with E-state index >= 15 is 0 Å². The second-order valence-corrected chi connectivity index (χ2v) is 2.49. The van der Waals surface area contributed by atoms with E-state index in [1.54, 1.807) is 6.07 Å². The van der Waals surface area contributed by atoms with Crippen molar-refractivity contribution in [3.8, 4) is 0 Å². The van der Waals surface area contributed by atoms with Gasteiger partial charge < -0.3 is 5.73 Å². The van der Waals surface area contributed by atoms with E-state index < -0.39 is 6.67 Å². The van der Waals surface area contributed by atoms with Crippen LogP contribution in [-0.4, -0.2) is 6.54 Å². The van der Waals surface area contributed by atoms with Gasteiger partial charge in [0.05, 0.1) is 0 Å². The van der Waals surface area contributed by atoms with Crippen molar-refractivity contribution in [3.63, 3.8) is 0 Å². The van der Waals surface area contributed by atoms with Crippen LogP contribution in [0.1, 0.15) is 11.1 Å². The highest BCUT2D eigenvalue weighted by molar-refractivity contribution is 5.23. The van der Waals surface area contributed by atoms with Gasteiger partial charge in [0.1, 0.15) is 6.67 Å². The molecule has 0 heterocycles. The van der Waals surface area contributed by atoms with Crippen LogP contribution < -0.4 is 5.73 Å². The SMILES string of the molecule is NCCc1cccc(CF)c1. The minimum absolute atomic E-state index is 0.390. The fourth-order valence-corrected chi connectivity index (χ4v) is 1.03. The molecule has 2 N–H and O–H groups in total. The first-order valence-electron chi connectivity index (χ1n) is 3.70. The van der Waals surface area contributed by atoms with E-state index in [0.717, 1.165) is 17.5 Å². The summed E-state index contributed by atoms with van der Waals surface area (Å²) < 4.78 is 12.1. The predicted molar refractivity (Wildman–Crippen MR) is 44.0 cm³/mol. The second kappa shape index (κ2) is 4.09. The molecule has 0 unspecified atom stereocenters. The molecule has 0 aliphatic rings. The summed E-state index contributed by atoms with van der Waals surface area (Å²) >= 11 is 0. The highest BCUT2D eigenvalue weighted by Gasteiger charge is 1.93. The molecule has 1 aromatic rings. The maximum absolute atomic E-state index is 12.1. The minimum atomic E-state index is -0.390. The fraction of sp³-hybridized carbons (Fsp3) is 0.333. The molecule has 1 nitrogen and oxygen atoms in total. The number of rotatable bonds is 3. The van der Waals surface area contributed by atoms with Crippen molar-refractivity contribution in [3.05, 3.63) is 35.4 Å². The van der Waals surface area contributed by atoms with Crippen LogP contribution in [0.25, 0.3) is 0 Å². The summed E-state index contributed by atoms with van der Waals surface area (Å²) in [5, 5.41) is 0. The summed E-state index contributed by atoms with van der Waals surface area (Å²) in [5.41, 5.74) is 7.20. The summed E-state index contributed by atoms with van der Waals surface area (Å²) in [6, 6.07) is 7.46. The predicted octanol–water partition coefficient (Wildman–Crippen LogP) is 1.66. The largest absolute Gasteiger partial charge is 0.330 e. The normalized spacial score (nSPS) is 10.0. The minimum Gasteiger partial charge on any atom is -0.330 e. The van der Waals surface area contributed by atoms with Crippen LogP contribution in [0.5, 0.6) is 0 Å². The molecule has 0 saturated heterocycles. The standard InChI is InChI=1S/C9H12FN/c10-7-9-3-1-2-8(6-9)4-5-11/h1-3,6H,4-5,7,11H2. The Morgan fingerprint density at radius 2 is 2.00 bits per heavy atom. The van der Waals surface area contributed by atoms with Gasteiger partial charge in [-0.05, 0) is 24.1 Å². The molecule has 1 aromatic carbocycles. The molecule has 1 rings (SSSR count). The zero-order valence-electron chi connectivity index (χ0n) is 6.39. The lowest BCUT2D eigenvalue weighted by molar-refractivity contribution is 0.485. The third-order valence-electron chi connectivity index (χ3n) is 1.58. The molecule has 2 heteroatoms. The van der Waals surface area contributed by atoms with Gasteiger partial charge in [-0.3, -0.25) is 0 Å². The Morgan fingerprint density at radius 1 is 1.27 bits per heavy atom. The molecule has 0 atom stereocenters. The molecule has 0 aliphatic heterocycles. The van der Waals surface area contributed by atoms with Crippen molar-refractivity contribution in [2.75, 3.05) is 6.54 Å². The van der Waals surface area contributed by atoms with Crippen molar-refractivity contribution >= 4 is 0 Å². The number of benzene rings is 1. The molecule has 0 aliphatic carbocycles. The van der Waals surface area contributed by atoms with Gasteiger partial charge in [0.15, 0.2) is 0 Å². The van der Waals surface area contributed by atoms with E-state index in [9.17, 15) is 4.39 Å². The molecule has 0 aromatic heterocycles. The lowest BCUT2D eigenvalue weighted by Crippen LogP contribution is -2.02.